The highest BCUT2D eigenvalue weighted by molar-refractivity contribution is 5.82. The monoisotopic (exact) mass is 438 g/mol. The second kappa shape index (κ2) is 8.33. The Morgan fingerprint density at radius 3 is 2.52 bits per heavy atom. The molecule has 0 saturated carbocycles. The molecule has 0 radical (unpaired) electrons. The maximum Gasteiger partial charge on any atom is 0.155 e. The van der Waals surface area contributed by atoms with Crippen LogP contribution in [-0.4, -0.2) is 55.3 Å². The van der Waals surface area contributed by atoms with Crippen molar-refractivity contribution < 1.29 is 5.11 Å². The molecule has 1 aromatic carbocycles. The van der Waals surface area contributed by atoms with Crippen LogP contribution in [0, 0.1) is 0 Å². The van der Waals surface area contributed by atoms with Crippen LogP contribution in [0.5, 0.6) is 5.75 Å². The van der Waals surface area contributed by atoms with Crippen molar-refractivity contribution in [2.24, 2.45) is 0 Å². The fraction of sp³-hybridized carbons (Fsp3) is 0.269. The number of anilines is 1. The van der Waals surface area contributed by atoms with Crippen molar-refractivity contribution in [3.63, 3.8) is 0 Å². The van der Waals surface area contributed by atoms with Crippen molar-refractivity contribution in [2.45, 2.75) is 25.3 Å². The lowest BCUT2D eigenvalue weighted by Crippen LogP contribution is -2.37. The second-order valence-electron chi connectivity index (χ2n) is 8.69. The summed E-state index contributed by atoms with van der Waals surface area (Å²) in [5.74, 6) is 1.11. The van der Waals surface area contributed by atoms with E-state index in [0.717, 1.165) is 46.9 Å². The Hall–Kier alpha value is -3.71. The average molecular weight is 439 g/mol. The van der Waals surface area contributed by atoms with Crippen LogP contribution in [0.15, 0.2) is 73.2 Å². The maximum atomic E-state index is 10.0. The Morgan fingerprint density at radius 2 is 1.76 bits per heavy atom. The summed E-state index contributed by atoms with van der Waals surface area (Å²) in [5, 5.41) is 15.0. The molecule has 4 aromatic rings. The van der Waals surface area contributed by atoms with Gasteiger partial charge < -0.3 is 10.0 Å². The lowest BCUT2D eigenvalue weighted by Gasteiger charge is -2.32. The summed E-state index contributed by atoms with van der Waals surface area (Å²) in [4.78, 5) is 13.9. The number of nitrogens with zero attached hydrogens (tertiary/aromatic N) is 6. The molecule has 0 amide bonds. The van der Waals surface area contributed by atoms with Crippen molar-refractivity contribution in [3.05, 3.63) is 73.2 Å². The Balaban J connectivity index is 1.42. The number of hydrogen-bond donors (Lipinski definition) is 1. The van der Waals surface area contributed by atoms with E-state index < -0.39 is 0 Å². The molecule has 2 aliphatic rings. The number of phenolic OH excluding ortho intramolecular Hbond substituents is 1. The van der Waals surface area contributed by atoms with Crippen LogP contribution in [0.4, 0.5) is 5.82 Å². The molecule has 1 fully saturated rings. The van der Waals surface area contributed by atoms with Crippen molar-refractivity contribution >= 4 is 11.5 Å². The second-order valence-corrected chi connectivity index (χ2v) is 8.69. The van der Waals surface area contributed by atoms with E-state index in [1.807, 2.05) is 40.9 Å². The molecular weight excluding hydrogens is 412 g/mol. The number of aromatic nitrogens is 4. The summed E-state index contributed by atoms with van der Waals surface area (Å²) in [7, 11) is 0. The molecule has 0 bridgehead atoms. The van der Waals surface area contributed by atoms with Gasteiger partial charge in [-0.2, -0.15) is 0 Å². The molecule has 5 heterocycles. The SMILES string of the molecule is Oc1cccc(-c2nc3ccc(N4C=CC(N5CCCC5)CC4)nn3c2-c2ccncc2)c1. The molecule has 0 spiro atoms. The molecule has 1 N–H and O–H groups in total. The largest absolute Gasteiger partial charge is 0.508 e. The van der Waals surface area contributed by atoms with Gasteiger partial charge in [0.05, 0.1) is 5.69 Å². The quantitative estimate of drug-likeness (QED) is 0.511. The molecule has 6 rings (SSSR count). The van der Waals surface area contributed by atoms with E-state index in [9.17, 15) is 5.11 Å². The predicted molar refractivity (Wildman–Crippen MR) is 129 cm³/mol. The number of phenols is 1. The standard InChI is InChI=1S/C26H26N6O/c33-22-5-3-4-20(18-22)25-26(19-8-12-27-13-9-19)32-23(28-25)6-7-24(29-32)31-16-10-21(11-17-31)30-14-1-2-15-30/h3-10,12-13,16,18,21,33H,1-2,11,14-15,17H2. The average Bonchev–Trinajstić information content (AvgIpc) is 3.53. The fourth-order valence-corrected chi connectivity index (χ4v) is 4.91. The van der Waals surface area contributed by atoms with Gasteiger partial charge in [0.25, 0.3) is 0 Å². The summed E-state index contributed by atoms with van der Waals surface area (Å²) < 4.78 is 1.91. The number of likely N-dealkylation sites (tertiary alicyclic amines) is 1. The molecule has 7 nitrogen and oxygen atoms in total. The van der Waals surface area contributed by atoms with Crippen LogP contribution < -0.4 is 4.90 Å². The van der Waals surface area contributed by atoms with Crippen molar-refractivity contribution in [3.8, 4) is 28.3 Å². The van der Waals surface area contributed by atoms with Gasteiger partial charge in [-0.3, -0.25) is 9.88 Å². The number of aromatic hydroxyl groups is 1. The normalized spacial score (nSPS) is 18.9. The maximum absolute atomic E-state index is 10.0. The predicted octanol–water partition coefficient (Wildman–Crippen LogP) is 4.35. The summed E-state index contributed by atoms with van der Waals surface area (Å²) >= 11 is 0. The van der Waals surface area contributed by atoms with E-state index >= 15 is 0 Å². The van der Waals surface area contributed by atoms with Crippen molar-refractivity contribution in [2.75, 3.05) is 24.5 Å². The topological polar surface area (TPSA) is 69.8 Å². The first kappa shape index (κ1) is 19.9. The van der Waals surface area contributed by atoms with Gasteiger partial charge in [0.15, 0.2) is 11.5 Å². The minimum Gasteiger partial charge on any atom is -0.508 e. The lowest BCUT2D eigenvalue weighted by molar-refractivity contribution is 0.269. The molecule has 33 heavy (non-hydrogen) atoms. The van der Waals surface area contributed by atoms with Crippen LogP contribution >= 0.6 is 0 Å². The first-order valence-electron chi connectivity index (χ1n) is 11.5. The summed E-state index contributed by atoms with van der Waals surface area (Å²) in [5.41, 5.74) is 4.25. The van der Waals surface area contributed by atoms with E-state index in [-0.39, 0.29) is 5.75 Å². The van der Waals surface area contributed by atoms with Gasteiger partial charge in [-0.05, 0) is 68.8 Å². The zero-order chi connectivity index (χ0) is 22.2. The van der Waals surface area contributed by atoms with Gasteiger partial charge in [0, 0.05) is 42.3 Å². The molecule has 7 heteroatoms. The first-order chi connectivity index (χ1) is 16.3. The Kier molecular flexibility index (Phi) is 5.03. The summed E-state index contributed by atoms with van der Waals surface area (Å²) in [6.07, 6.45) is 11.8. The summed E-state index contributed by atoms with van der Waals surface area (Å²) in [6.45, 7) is 3.36. The third kappa shape index (κ3) is 3.74. The zero-order valence-corrected chi connectivity index (χ0v) is 18.4. The minimum atomic E-state index is 0.213. The molecule has 166 valence electrons. The smallest absolute Gasteiger partial charge is 0.155 e. The first-order valence-corrected chi connectivity index (χ1v) is 11.5. The highest BCUT2D eigenvalue weighted by atomic mass is 16.3. The molecule has 2 aliphatic heterocycles. The highest BCUT2D eigenvalue weighted by Gasteiger charge is 2.24. The Labute approximate surface area is 192 Å². The van der Waals surface area contributed by atoms with E-state index in [0.29, 0.717) is 6.04 Å². The van der Waals surface area contributed by atoms with E-state index in [2.05, 4.69) is 27.1 Å². The van der Waals surface area contributed by atoms with Gasteiger partial charge in [-0.25, -0.2) is 9.50 Å². The number of hydrogen-bond acceptors (Lipinski definition) is 6. The minimum absolute atomic E-state index is 0.213. The fourth-order valence-electron chi connectivity index (χ4n) is 4.91. The number of rotatable bonds is 4. The molecule has 3 aromatic heterocycles. The van der Waals surface area contributed by atoms with Crippen molar-refractivity contribution in [1.29, 1.82) is 0 Å². The van der Waals surface area contributed by atoms with Gasteiger partial charge in [0.2, 0.25) is 0 Å². The lowest BCUT2D eigenvalue weighted by atomic mass is 10.1. The van der Waals surface area contributed by atoms with Crippen LogP contribution in [0.3, 0.4) is 0 Å². The van der Waals surface area contributed by atoms with Crippen LogP contribution in [-0.2, 0) is 0 Å². The van der Waals surface area contributed by atoms with Crippen molar-refractivity contribution in [1.82, 2.24) is 24.5 Å². The van der Waals surface area contributed by atoms with E-state index in [1.165, 1.54) is 25.9 Å². The molecule has 1 atom stereocenters. The molecule has 1 unspecified atom stereocenters. The Morgan fingerprint density at radius 1 is 0.909 bits per heavy atom. The van der Waals surface area contributed by atoms with Gasteiger partial charge in [0.1, 0.15) is 11.4 Å². The van der Waals surface area contributed by atoms with E-state index in [4.69, 9.17) is 10.1 Å². The van der Waals surface area contributed by atoms with Gasteiger partial charge in [-0.1, -0.05) is 18.2 Å². The molecule has 1 saturated heterocycles. The summed E-state index contributed by atoms with van der Waals surface area (Å²) in [6, 6.07) is 15.7. The molecular formula is C26H26N6O. The Bertz CT molecular complexity index is 1310. The molecule has 0 aliphatic carbocycles. The third-order valence-corrected chi connectivity index (χ3v) is 6.59. The van der Waals surface area contributed by atoms with E-state index in [1.54, 1.807) is 24.5 Å². The van der Waals surface area contributed by atoms with Gasteiger partial charge in [-0.15, -0.1) is 5.10 Å². The van der Waals surface area contributed by atoms with Crippen LogP contribution in [0.2, 0.25) is 0 Å². The highest BCUT2D eigenvalue weighted by Crippen LogP contribution is 2.34. The number of fused-ring (bicyclic) bond motifs is 1. The zero-order valence-electron chi connectivity index (χ0n) is 18.4. The van der Waals surface area contributed by atoms with Gasteiger partial charge >= 0.3 is 0 Å². The number of benzene rings is 1. The number of imidazole rings is 1. The third-order valence-electron chi connectivity index (χ3n) is 6.59. The number of pyridine rings is 1. The van der Waals surface area contributed by atoms with Crippen LogP contribution in [0.25, 0.3) is 28.2 Å². The van der Waals surface area contributed by atoms with Crippen LogP contribution in [0.1, 0.15) is 19.3 Å².